The Hall–Kier alpha value is -2.95. The first kappa shape index (κ1) is 15.3. The minimum Gasteiger partial charge on any atom is -0.493 e. The van der Waals surface area contributed by atoms with Crippen LogP contribution in [0.3, 0.4) is 0 Å². The molecule has 0 spiro atoms. The van der Waals surface area contributed by atoms with Crippen molar-refractivity contribution in [3.63, 3.8) is 0 Å². The minimum atomic E-state index is 0.635. The van der Waals surface area contributed by atoms with Crippen molar-refractivity contribution >= 4 is 21.8 Å². The molecule has 0 radical (unpaired) electrons. The number of nitrogens with one attached hydrogen (secondary N) is 1. The largest absolute Gasteiger partial charge is 0.493 e. The Morgan fingerprint density at radius 1 is 1.23 bits per heavy atom. The molecule has 1 aliphatic rings. The fraction of sp³-hybridized carbons (Fsp3) is 0.286. The number of aromatic nitrogens is 3. The molecular weight excluding hydrogens is 326 g/mol. The van der Waals surface area contributed by atoms with Gasteiger partial charge in [-0.2, -0.15) is 0 Å². The maximum atomic E-state index is 6.23. The summed E-state index contributed by atoms with van der Waals surface area (Å²) in [5.41, 5.74) is 4.32. The third-order valence-corrected chi connectivity index (χ3v) is 5.18. The van der Waals surface area contributed by atoms with E-state index in [2.05, 4.69) is 38.9 Å². The molecular formula is C21H21N3O2. The van der Waals surface area contributed by atoms with Gasteiger partial charge >= 0.3 is 0 Å². The van der Waals surface area contributed by atoms with Gasteiger partial charge in [0.1, 0.15) is 11.3 Å². The molecule has 132 valence electrons. The number of rotatable bonds is 5. The van der Waals surface area contributed by atoms with E-state index in [0.717, 1.165) is 39.9 Å². The maximum absolute atomic E-state index is 6.23. The molecule has 3 aromatic heterocycles. The summed E-state index contributed by atoms with van der Waals surface area (Å²) in [5, 5.41) is 2.29. The van der Waals surface area contributed by atoms with Crippen LogP contribution in [-0.2, 0) is 7.05 Å². The Kier molecular flexibility index (Phi) is 3.42. The summed E-state index contributed by atoms with van der Waals surface area (Å²) in [4.78, 5) is 7.75. The quantitative estimate of drug-likeness (QED) is 0.577. The number of pyridine rings is 1. The summed E-state index contributed by atoms with van der Waals surface area (Å²) in [5.74, 6) is 2.27. The Bertz CT molecular complexity index is 1110. The number of methoxy groups -OCH3 is 1. The van der Waals surface area contributed by atoms with Gasteiger partial charge < -0.3 is 19.0 Å². The van der Waals surface area contributed by atoms with Crippen LogP contribution in [0, 0.1) is 5.92 Å². The Morgan fingerprint density at radius 3 is 2.92 bits per heavy atom. The predicted molar refractivity (Wildman–Crippen MR) is 103 cm³/mol. The number of hydrogen-bond donors (Lipinski definition) is 1. The van der Waals surface area contributed by atoms with Crippen molar-refractivity contribution in [2.75, 3.05) is 13.7 Å². The van der Waals surface area contributed by atoms with E-state index in [-0.39, 0.29) is 0 Å². The van der Waals surface area contributed by atoms with Gasteiger partial charge in [-0.3, -0.25) is 0 Å². The third-order valence-electron chi connectivity index (χ3n) is 5.18. The van der Waals surface area contributed by atoms with Gasteiger partial charge in [0.05, 0.1) is 24.8 Å². The summed E-state index contributed by atoms with van der Waals surface area (Å²) in [6, 6.07) is 8.34. The highest BCUT2D eigenvalue weighted by molar-refractivity contribution is 6.07. The van der Waals surface area contributed by atoms with Crippen LogP contribution in [0.15, 0.2) is 42.9 Å². The van der Waals surface area contributed by atoms with Crippen LogP contribution in [0.25, 0.3) is 32.9 Å². The summed E-state index contributed by atoms with van der Waals surface area (Å²) < 4.78 is 13.8. The van der Waals surface area contributed by atoms with Gasteiger partial charge in [-0.25, -0.2) is 4.98 Å². The van der Waals surface area contributed by atoms with E-state index in [1.54, 1.807) is 13.3 Å². The van der Waals surface area contributed by atoms with E-state index < -0.39 is 0 Å². The zero-order chi connectivity index (χ0) is 17.7. The van der Waals surface area contributed by atoms with Gasteiger partial charge in [-0.05, 0) is 43.0 Å². The average Bonchev–Trinajstić information content (AvgIpc) is 3.27. The standard InChI is InChI=1S/C21H21N3O2/c1-24-11-16(15-8-10-23-21(25-2)20(15)24)18-17(26-12-13-3-4-13)6-5-14-7-9-22-19(14)18/h5-11,13,22H,3-4,12H2,1-2H3. The van der Waals surface area contributed by atoms with Gasteiger partial charge in [0.15, 0.2) is 0 Å². The van der Waals surface area contributed by atoms with E-state index in [0.29, 0.717) is 11.8 Å². The zero-order valence-electron chi connectivity index (χ0n) is 15.0. The number of H-pyrrole nitrogens is 1. The number of ether oxygens (including phenoxy) is 2. The summed E-state index contributed by atoms with van der Waals surface area (Å²) in [6.45, 7) is 0.787. The molecule has 5 heteroatoms. The zero-order valence-corrected chi connectivity index (χ0v) is 15.0. The summed E-state index contributed by atoms with van der Waals surface area (Å²) >= 11 is 0. The first-order valence-corrected chi connectivity index (χ1v) is 8.97. The van der Waals surface area contributed by atoms with Crippen LogP contribution in [-0.4, -0.2) is 28.3 Å². The second-order valence-corrected chi connectivity index (χ2v) is 7.01. The van der Waals surface area contributed by atoms with Gasteiger partial charge in [-0.15, -0.1) is 0 Å². The fourth-order valence-corrected chi connectivity index (χ4v) is 3.66. The molecule has 1 fully saturated rings. The van der Waals surface area contributed by atoms with Crippen molar-refractivity contribution in [3.05, 3.63) is 42.9 Å². The highest BCUT2D eigenvalue weighted by Gasteiger charge is 2.24. The van der Waals surface area contributed by atoms with Crippen LogP contribution in [0.2, 0.25) is 0 Å². The number of aromatic amines is 1. The maximum Gasteiger partial charge on any atom is 0.238 e. The molecule has 0 bridgehead atoms. The highest BCUT2D eigenvalue weighted by Crippen LogP contribution is 2.42. The number of aryl methyl sites for hydroxylation is 1. The minimum absolute atomic E-state index is 0.635. The molecule has 0 aliphatic heterocycles. The van der Waals surface area contributed by atoms with E-state index in [9.17, 15) is 0 Å². The molecule has 3 heterocycles. The molecule has 4 aromatic rings. The van der Waals surface area contributed by atoms with Crippen molar-refractivity contribution in [1.29, 1.82) is 0 Å². The van der Waals surface area contributed by atoms with Crippen molar-refractivity contribution < 1.29 is 9.47 Å². The van der Waals surface area contributed by atoms with Gasteiger partial charge in [0.2, 0.25) is 5.88 Å². The number of fused-ring (bicyclic) bond motifs is 2. The van der Waals surface area contributed by atoms with E-state index in [1.807, 2.05) is 19.3 Å². The van der Waals surface area contributed by atoms with E-state index >= 15 is 0 Å². The number of nitrogens with zero attached hydrogens (tertiary/aromatic N) is 2. The lowest BCUT2D eigenvalue weighted by Gasteiger charge is -2.12. The van der Waals surface area contributed by atoms with Crippen molar-refractivity contribution in [1.82, 2.24) is 14.5 Å². The second kappa shape index (κ2) is 5.80. The number of benzene rings is 1. The van der Waals surface area contributed by atoms with E-state index in [4.69, 9.17) is 9.47 Å². The topological polar surface area (TPSA) is 52.1 Å². The monoisotopic (exact) mass is 347 g/mol. The third kappa shape index (κ3) is 2.35. The molecule has 1 N–H and O–H groups in total. The highest BCUT2D eigenvalue weighted by atomic mass is 16.5. The smallest absolute Gasteiger partial charge is 0.238 e. The molecule has 1 aliphatic carbocycles. The molecule has 0 saturated heterocycles. The Labute approximate surface area is 151 Å². The van der Waals surface area contributed by atoms with Crippen molar-refractivity contribution in [2.45, 2.75) is 12.8 Å². The summed E-state index contributed by atoms with van der Waals surface area (Å²) in [6.07, 6.45) is 8.46. The average molecular weight is 347 g/mol. The van der Waals surface area contributed by atoms with Crippen LogP contribution in [0.1, 0.15) is 12.8 Å². The molecule has 0 unspecified atom stereocenters. The van der Waals surface area contributed by atoms with Crippen LogP contribution in [0.4, 0.5) is 0 Å². The predicted octanol–water partition coefficient (Wildman–Crippen LogP) is 4.52. The Balaban J connectivity index is 1.76. The van der Waals surface area contributed by atoms with Crippen LogP contribution < -0.4 is 9.47 Å². The number of hydrogen-bond acceptors (Lipinski definition) is 3. The molecule has 5 rings (SSSR count). The molecule has 26 heavy (non-hydrogen) atoms. The lowest BCUT2D eigenvalue weighted by atomic mass is 10.0. The van der Waals surface area contributed by atoms with Crippen LogP contribution >= 0.6 is 0 Å². The van der Waals surface area contributed by atoms with Crippen molar-refractivity contribution in [3.8, 4) is 22.8 Å². The molecule has 0 atom stereocenters. The lowest BCUT2D eigenvalue weighted by molar-refractivity contribution is 0.301. The van der Waals surface area contributed by atoms with E-state index in [1.165, 1.54) is 18.2 Å². The van der Waals surface area contributed by atoms with Gasteiger partial charge in [-0.1, -0.05) is 0 Å². The normalized spacial score (nSPS) is 14.2. The fourth-order valence-electron chi connectivity index (χ4n) is 3.66. The first-order chi connectivity index (χ1) is 12.8. The molecule has 5 nitrogen and oxygen atoms in total. The van der Waals surface area contributed by atoms with Crippen molar-refractivity contribution in [2.24, 2.45) is 13.0 Å². The lowest BCUT2D eigenvalue weighted by Crippen LogP contribution is -2.00. The van der Waals surface area contributed by atoms with Crippen LogP contribution in [0.5, 0.6) is 11.6 Å². The molecule has 0 amide bonds. The summed E-state index contributed by atoms with van der Waals surface area (Å²) in [7, 11) is 3.68. The first-order valence-electron chi connectivity index (χ1n) is 8.97. The Morgan fingerprint density at radius 2 is 2.12 bits per heavy atom. The second-order valence-electron chi connectivity index (χ2n) is 7.01. The molecule has 1 saturated carbocycles. The van der Waals surface area contributed by atoms with Gasteiger partial charge in [0.25, 0.3) is 0 Å². The molecule has 1 aromatic carbocycles. The SMILES string of the molecule is COc1nccc2c(-c3c(OCC4CC4)ccc4cc[nH]c34)cn(C)c12. The van der Waals surface area contributed by atoms with Gasteiger partial charge in [0, 0.05) is 42.0 Å².